The zero-order valence-electron chi connectivity index (χ0n) is 49.3. The highest BCUT2D eigenvalue weighted by Crippen LogP contribution is 2.26. The van der Waals surface area contributed by atoms with E-state index >= 15 is 0 Å². The predicted octanol–water partition coefficient (Wildman–Crippen LogP) is 16.2. The number of hydrogen-bond donors (Lipinski definition) is 3. The minimum Gasteiger partial charge on any atom is -0.479 e. The molecule has 1 aliphatic rings. The summed E-state index contributed by atoms with van der Waals surface area (Å²) in [5.74, 6) is -3.21. The zero-order valence-corrected chi connectivity index (χ0v) is 49.3. The van der Waals surface area contributed by atoms with Gasteiger partial charge in [0.15, 0.2) is 24.6 Å². The highest BCUT2D eigenvalue weighted by Gasteiger charge is 2.50. The van der Waals surface area contributed by atoms with Gasteiger partial charge in [0.2, 0.25) is 0 Å². The number of carboxylic acids is 1. The largest absolute Gasteiger partial charge is 0.479 e. The van der Waals surface area contributed by atoms with Crippen LogP contribution in [-0.2, 0) is 42.9 Å². The maximum atomic E-state index is 13.2. The van der Waals surface area contributed by atoms with Crippen molar-refractivity contribution in [2.45, 2.75) is 276 Å². The number of carbonyl (C=O) groups excluding carboxylic acids is 3. The number of unbranched alkanes of at least 4 members (excludes halogenated alkanes) is 19. The van der Waals surface area contributed by atoms with Crippen molar-refractivity contribution < 1.29 is 58.2 Å². The summed E-state index contributed by atoms with van der Waals surface area (Å²) in [6, 6.07) is 0. The molecule has 0 aliphatic carbocycles. The van der Waals surface area contributed by atoms with Gasteiger partial charge in [-0.15, -0.1) is 0 Å². The Morgan fingerprint density at radius 3 is 1.24 bits per heavy atom. The number of rotatable bonds is 51. The number of allylic oxidation sites excluding steroid dienone is 18. The molecule has 12 nitrogen and oxygen atoms in total. The third-order valence-corrected chi connectivity index (χ3v) is 13.3. The molecule has 0 saturated carbocycles. The van der Waals surface area contributed by atoms with Crippen molar-refractivity contribution in [1.82, 2.24) is 0 Å². The number of carbonyl (C=O) groups is 4. The lowest BCUT2D eigenvalue weighted by Gasteiger charge is -2.40. The molecule has 0 aromatic rings. The van der Waals surface area contributed by atoms with Crippen molar-refractivity contribution in [3.8, 4) is 0 Å². The Kier molecular flexibility index (Phi) is 49.5. The van der Waals surface area contributed by atoms with Gasteiger partial charge in [-0.25, -0.2) is 4.79 Å². The van der Waals surface area contributed by atoms with Gasteiger partial charge in [0.1, 0.15) is 18.8 Å². The lowest BCUT2D eigenvalue weighted by Crippen LogP contribution is -2.61. The maximum Gasteiger partial charge on any atom is 0.335 e. The van der Waals surface area contributed by atoms with Crippen molar-refractivity contribution in [2.75, 3.05) is 13.2 Å². The second-order valence-electron chi connectivity index (χ2n) is 20.6. The number of hydrogen-bond acceptors (Lipinski definition) is 11. The van der Waals surface area contributed by atoms with E-state index in [0.29, 0.717) is 19.3 Å². The summed E-state index contributed by atoms with van der Waals surface area (Å²) in [4.78, 5) is 51.2. The van der Waals surface area contributed by atoms with Gasteiger partial charge in [-0.2, -0.15) is 0 Å². The standard InChI is InChI=1S/C67H108O12/c1-4-7-10-13-16-19-22-25-28-30-33-35-38-41-44-47-50-53-59(68)75-56-58(77-60(69)54-51-48-45-42-39-36-32-27-24-21-18-15-12-9-6-3)57-76-67-65(63(72)62(71)64(79-67)66(73)74)78-61(70)55-52-49-46-43-40-37-34-31-29-26-23-20-17-14-11-8-5-2/h8-9,11-12,16-21,25-29,32,39,42,58,62-65,67,71-72H,4-7,10,13-15,22-24,30-31,33-38,40-41,43-57H2,1-3H3,(H,73,74)/b11-8-,12-9-,19-16-,20-17-,21-18-,28-25-,29-26-,32-27-,42-39-. The van der Waals surface area contributed by atoms with Crippen molar-refractivity contribution in [2.24, 2.45) is 0 Å². The monoisotopic (exact) mass is 1100 g/mol. The molecular weight excluding hydrogens is 997 g/mol. The van der Waals surface area contributed by atoms with E-state index in [1.165, 1.54) is 38.5 Å². The van der Waals surface area contributed by atoms with Gasteiger partial charge in [-0.1, -0.05) is 207 Å². The Labute approximate surface area is 478 Å². The third-order valence-electron chi connectivity index (χ3n) is 13.3. The molecule has 1 aliphatic heterocycles. The minimum atomic E-state index is -1.92. The molecular formula is C67H108O12. The molecule has 1 rings (SSSR count). The Balaban J connectivity index is 2.71. The van der Waals surface area contributed by atoms with Crippen molar-refractivity contribution in [3.05, 3.63) is 109 Å². The summed E-state index contributed by atoms with van der Waals surface area (Å²) in [6.07, 6.45) is 60.5. The molecule has 6 unspecified atom stereocenters. The Bertz CT molecular complexity index is 1790. The van der Waals surface area contributed by atoms with E-state index < -0.39 is 67.3 Å². The molecule has 0 aromatic carbocycles. The fraction of sp³-hybridized carbons (Fsp3) is 0.672. The fourth-order valence-corrected chi connectivity index (χ4v) is 8.64. The smallest absolute Gasteiger partial charge is 0.335 e. The maximum absolute atomic E-state index is 13.2. The molecule has 0 bridgehead atoms. The minimum absolute atomic E-state index is 0.0383. The summed E-state index contributed by atoms with van der Waals surface area (Å²) < 4.78 is 28.4. The number of aliphatic hydroxyl groups excluding tert-OH is 2. The number of aliphatic hydroxyl groups is 2. The van der Waals surface area contributed by atoms with Crippen LogP contribution in [0.4, 0.5) is 0 Å². The van der Waals surface area contributed by atoms with Crippen LogP contribution in [-0.4, -0.2) is 89.2 Å². The van der Waals surface area contributed by atoms with Crippen LogP contribution in [0.2, 0.25) is 0 Å². The summed E-state index contributed by atoms with van der Waals surface area (Å²) in [6.45, 7) is 5.70. The van der Waals surface area contributed by atoms with E-state index in [-0.39, 0.29) is 25.9 Å². The first-order chi connectivity index (χ1) is 38.6. The van der Waals surface area contributed by atoms with Crippen LogP contribution in [0.15, 0.2) is 109 Å². The topological polar surface area (TPSA) is 175 Å². The predicted molar refractivity (Wildman–Crippen MR) is 321 cm³/mol. The molecule has 0 aromatic heterocycles. The summed E-state index contributed by atoms with van der Waals surface area (Å²) in [5, 5.41) is 31.5. The van der Waals surface area contributed by atoms with Crippen molar-refractivity contribution >= 4 is 23.9 Å². The molecule has 0 amide bonds. The molecule has 1 saturated heterocycles. The number of carboxylic acid groups (broad SMARTS) is 1. The van der Waals surface area contributed by atoms with Crippen LogP contribution in [0.3, 0.4) is 0 Å². The molecule has 0 radical (unpaired) electrons. The Morgan fingerprint density at radius 2 is 0.797 bits per heavy atom. The van der Waals surface area contributed by atoms with Gasteiger partial charge in [0.05, 0.1) is 6.61 Å². The summed E-state index contributed by atoms with van der Waals surface area (Å²) in [7, 11) is 0. The zero-order chi connectivity index (χ0) is 57.5. The van der Waals surface area contributed by atoms with E-state index in [4.69, 9.17) is 23.7 Å². The van der Waals surface area contributed by atoms with Crippen LogP contribution in [0, 0.1) is 0 Å². The van der Waals surface area contributed by atoms with Crippen LogP contribution in [0.5, 0.6) is 0 Å². The van der Waals surface area contributed by atoms with E-state index in [0.717, 1.165) is 141 Å². The normalized spacial score (nSPS) is 18.6. The molecule has 3 N–H and O–H groups in total. The fourth-order valence-electron chi connectivity index (χ4n) is 8.64. The summed E-state index contributed by atoms with van der Waals surface area (Å²) in [5.41, 5.74) is 0. The molecule has 448 valence electrons. The van der Waals surface area contributed by atoms with Crippen LogP contribution < -0.4 is 0 Å². The quantitative estimate of drug-likeness (QED) is 0.0228. The van der Waals surface area contributed by atoms with Crippen molar-refractivity contribution in [1.29, 1.82) is 0 Å². The first kappa shape index (κ1) is 72.4. The Hall–Kier alpha value is -4.62. The van der Waals surface area contributed by atoms with E-state index in [2.05, 4.69) is 130 Å². The average molecular weight is 1110 g/mol. The lowest BCUT2D eigenvalue weighted by atomic mass is 9.98. The molecule has 6 atom stereocenters. The molecule has 12 heteroatoms. The first-order valence-electron chi connectivity index (χ1n) is 30.9. The number of aliphatic carboxylic acids is 1. The van der Waals surface area contributed by atoms with Gasteiger partial charge in [-0.3, -0.25) is 14.4 Å². The molecule has 0 spiro atoms. The van der Waals surface area contributed by atoms with Gasteiger partial charge < -0.3 is 39.0 Å². The highest BCUT2D eigenvalue weighted by molar-refractivity contribution is 5.74. The SMILES string of the molecule is CC/C=C\C/C=C\C/C=C\C/C=C\CCCCC(=O)OC(COC(=O)CCCCCCCCC/C=C\C/C=C\CCCCC)COC1OC(C(=O)O)C(O)C(O)C1OC(=O)CCCCCCCCC/C=C\C/C=C\C/C=C\CC. The molecule has 1 fully saturated rings. The molecule has 1 heterocycles. The average Bonchev–Trinajstić information content (AvgIpc) is 3.46. The van der Waals surface area contributed by atoms with Crippen LogP contribution in [0.1, 0.15) is 239 Å². The van der Waals surface area contributed by atoms with Crippen molar-refractivity contribution in [3.63, 3.8) is 0 Å². The second-order valence-corrected chi connectivity index (χ2v) is 20.6. The van der Waals surface area contributed by atoms with Crippen LogP contribution in [0.25, 0.3) is 0 Å². The highest BCUT2D eigenvalue weighted by atomic mass is 16.7. The van der Waals surface area contributed by atoms with Crippen LogP contribution >= 0.6 is 0 Å². The second kappa shape index (κ2) is 54.0. The first-order valence-corrected chi connectivity index (χ1v) is 30.9. The third kappa shape index (κ3) is 43.8. The van der Waals surface area contributed by atoms with Gasteiger partial charge in [0.25, 0.3) is 0 Å². The van der Waals surface area contributed by atoms with E-state index in [9.17, 15) is 34.5 Å². The van der Waals surface area contributed by atoms with Gasteiger partial charge in [0, 0.05) is 19.3 Å². The number of esters is 3. The van der Waals surface area contributed by atoms with Gasteiger partial charge in [-0.05, 0) is 122 Å². The summed E-state index contributed by atoms with van der Waals surface area (Å²) >= 11 is 0. The van der Waals surface area contributed by atoms with E-state index in [1.807, 2.05) is 0 Å². The Morgan fingerprint density at radius 1 is 0.430 bits per heavy atom. The van der Waals surface area contributed by atoms with Gasteiger partial charge >= 0.3 is 23.9 Å². The lowest BCUT2D eigenvalue weighted by molar-refractivity contribution is -0.301. The van der Waals surface area contributed by atoms with E-state index in [1.54, 1.807) is 0 Å². The number of ether oxygens (including phenoxy) is 5. The molecule has 79 heavy (non-hydrogen) atoms.